The number of carbonyl (C=O) groups excluding carboxylic acids is 2. The molecule has 4 N–H and O–H groups in total. The van der Waals surface area contributed by atoms with Gasteiger partial charge in [-0.05, 0) is 99.7 Å². The van der Waals surface area contributed by atoms with Crippen LogP contribution in [0.5, 0.6) is 11.5 Å². The fourth-order valence-corrected chi connectivity index (χ4v) is 4.62. The number of aryl methyl sites for hydroxylation is 1. The Morgan fingerprint density at radius 2 is 1.77 bits per heavy atom. The van der Waals surface area contributed by atoms with Crippen molar-refractivity contribution >= 4 is 11.7 Å². The predicted molar refractivity (Wildman–Crippen MR) is 155 cm³/mol. The van der Waals surface area contributed by atoms with Crippen LogP contribution in [0.15, 0.2) is 48.5 Å². The molecule has 0 bridgehead atoms. The van der Waals surface area contributed by atoms with Crippen LogP contribution in [-0.2, 0) is 15.9 Å². The number of benzene rings is 2. The summed E-state index contributed by atoms with van der Waals surface area (Å²) in [6.07, 6.45) is -5.09. The number of rotatable bonds is 13. The number of aromatic nitrogens is 1. The standard InChI is InChI=1S/C32H35F4N3O5/c1-18-13-19(5-9-23(18)33)24-15-21(30(2,3)38-17-29(37)41)16-28(39-24)31(42,32(34,35)36)12-11-25(40)20-6-10-26(27(14-20)43-4)44-22-7-8-22/h5-6,9-10,13-16,22,38,42H,7-8,11-12,17H2,1-4H3,(H2,37,41). The minimum absolute atomic E-state index is 0.0274. The quantitative estimate of drug-likeness (QED) is 0.172. The van der Waals surface area contributed by atoms with Gasteiger partial charge in [-0.1, -0.05) is 0 Å². The van der Waals surface area contributed by atoms with Crippen molar-refractivity contribution in [1.82, 2.24) is 10.3 Å². The van der Waals surface area contributed by atoms with Crippen molar-refractivity contribution in [3.8, 4) is 22.8 Å². The molecule has 1 atom stereocenters. The minimum atomic E-state index is -5.24. The lowest BCUT2D eigenvalue weighted by atomic mass is 9.85. The molecule has 236 valence electrons. The first-order valence-electron chi connectivity index (χ1n) is 14.0. The molecule has 0 spiro atoms. The average Bonchev–Trinajstić information content (AvgIpc) is 3.79. The topological polar surface area (TPSA) is 124 Å². The van der Waals surface area contributed by atoms with E-state index in [-0.39, 0.29) is 40.8 Å². The zero-order valence-corrected chi connectivity index (χ0v) is 24.8. The number of Topliss-reactive ketones (excluding diaryl/α,β-unsaturated/α-hetero) is 1. The van der Waals surface area contributed by atoms with E-state index < -0.39 is 53.4 Å². The zero-order chi connectivity index (χ0) is 32.4. The van der Waals surface area contributed by atoms with Crippen molar-refractivity contribution in [3.63, 3.8) is 0 Å². The zero-order valence-electron chi connectivity index (χ0n) is 24.8. The van der Waals surface area contributed by atoms with E-state index in [1.54, 1.807) is 13.8 Å². The molecule has 12 heteroatoms. The van der Waals surface area contributed by atoms with Gasteiger partial charge in [0.15, 0.2) is 17.3 Å². The molecule has 0 radical (unpaired) electrons. The molecule has 3 aromatic rings. The highest BCUT2D eigenvalue weighted by Gasteiger charge is 2.56. The van der Waals surface area contributed by atoms with Gasteiger partial charge in [0.25, 0.3) is 0 Å². The highest BCUT2D eigenvalue weighted by Crippen LogP contribution is 2.44. The van der Waals surface area contributed by atoms with Gasteiger partial charge in [0, 0.05) is 23.1 Å². The normalized spacial score (nSPS) is 15.0. The molecule has 0 saturated heterocycles. The summed E-state index contributed by atoms with van der Waals surface area (Å²) in [7, 11) is 1.39. The summed E-state index contributed by atoms with van der Waals surface area (Å²) in [6, 6.07) is 10.9. The van der Waals surface area contributed by atoms with Crippen LogP contribution in [0.4, 0.5) is 17.6 Å². The van der Waals surface area contributed by atoms with Crippen molar-refractivity contribution < 1.29 is 41.7 Å². The molecule has 1 aliphatic carbocycles. The number of nitrogens with one attached hydrogen (secondary N) is 1. The lowest BCUT2D eigenvalue weighted by Crippen LogP contribution is -2.45. The molecule has 1 fully saturated rings. The second-order valence-corrected chi connectivity index (χ2v) is 11.5. The maximum Gasteiger partial charge on any atom is 0.422 e. The number of methoxy groups -OCH3 is 1. The van der Waals surface area contributed by atoms with Gasteiger partial charge >= 0.3 is 6.18 Å². The van der Waals surface area contributed by atoms with Gasteiger partial charge in [-0.3, -0.25) is 14.9 Å². The van der Waals surface area contributed by atoms with Crippen molar-refractivity contribution in [1.29, 1.82) is 0 Å². The maximum absolute atomic E-state index is 14.7. The third kappa shape index (κ3) is 7.36. The minimum Gasteiger partial charge on any atom is -0.493 e. The summed E-state index contributed by atoms with van der Waals surface area (Å²) >= 11 is 0. The van der Waals surface area contributed by atoms with Crippen LogP contribution in [0.1, 0.15) is 66.7 Å². The molecule has 8 nitrogen and oxygen atoms in total. The first-order valence-corrected chi connectivity index (χ1v) is 14.0. The van der Waals surface area contributed by atoms with Crippen LogP contribution in [0.25, 0.3) is 11.3 Å². The third-order valence-corrected chi connectivity index (χ3v) is 7.62. The summed E-state index contributed by atoms with van der Waals surface area (Å²) in [4.78, 5) is 28.7. The number of hydrogen-bond acceptors (Lipinski definition) is 7. The van der Waals surface area contributed by atoms with Crippen molar-refractivity contribution in [2.45, 2.75) is 69.9 Å². The molecule has 0 aliphatic heterocycles. The molecule has 1 aliphatic rings. The Morgan fingerprint density at radius 3 is 2.36 bits per heavy atom. The average molecular weight is 618 g/mol. The van der Waals surface area contributed by atoms with Gasteiger partial charge in [0.1, 0.15) is 5.82 Å². The molecule has 1 amide bonds. The molecule has 1 heterocycles. The van der Waals surface area contributed by atoms with E-state index in [1.165, 1.54) is 56.5 Å². The second kappa shape index (κ2) is 12.5. The molecule has 2 aromatic carbocycles. The number of ether oxygens (including phenoxy) is 2. The predicted octanol–water partition coefficient (Wildman–Crippen LogP) is 5.47. The monoisotopic (exact) mass is 617 g/mol. The van der Waals surface area contributed by atoms with Crippen LogP contribution in [-0.4, -0.2) is 47.7 Å². The second-order valence-electron chi connectivity index (χ2n) is 11.5. The number of alkyl halides is 3. The number of aliphatic hydroxyl groups is 1. The number of pyridine rings is 1. The Labute approximate surface area is 252 Å². The SMILES string of the molecule is COc1cc(C(=O)CCC(O)(c2cc(C(C)(C)NCC(N)=O)cc(-c3ccc(F)c(C)c3)n2)C(F)(F)F)ccc1OC1CC1. The van der Waals surface area contributed by atoms with Gasteiger partial charge < -0.3 is 20.3 Å². The number of amides is 1. The number of primary amides is 1. The van der Waals surface area contributed by atoms with E-state index in [0.29, 0.717) is 11.3 Å². The summed E-state index contributed by atoms with van der Waals surface area (Å²) in [5.41, 5.74) is 0.763. The first kappa shape index (κ1) is 32.9. The van der Waals surface area contributed by atoms with E-state index in [1.807, 2.05) is 0 Å². The van der Waals surface area contributed by atoms with Gasteiger partial charge in [0.2, 0.25) is 11.5 Å². The smallest absolute Gasteiger partial charge is 0.422 e. The molecule has 1 saturated carbocycles. The molecule has 1 unspecified atom stereocenters. The van der Waals surface area contributed by atoms with Crippen LogP contribution < -0.4 is 20.5 Å². The molecule has 1 aromatic heterocycles. The van der Waals surface area contributed by atoms with E-state index in [2.05, 4.69) is 10.3 Å². The van der Waals surface area contributed by atoms with E-state index in [9.17, 15) is 32.3 Å². The Hall–Kier alpha value is -4.03. The Balaban J connectivity index is 1.73. The maximum atomic E-state index is 14.7. The van der Waals surface area contributed by atoms with Gasteiger partial charge in [-0.2, -0.15) is 13.2 Å². The van der Waals surface area contributed by atoms with E-state index in [4.69, 9.17) is 15.2 Å². The highest BCUT2D eigenvalue weighted by atomic mass is 19.4. The number of nitrogens with zero attached hydrogens (tertiary/aromatic N) is 1. The fraction of sp³-hybridized carbons (Fsp3) is 0.406. The summed E-state index contributed by atoms with van der Waals surface area (Å²) in [5.74, 6) is -1.15. The van der Waals surface area contributed by atoms with Gasteiger partial charge in [0.05, 0.1) is 31.1 Å². The number of ketones is 1. The third-order valence-electron chi connectivity index (χ3n) is 7.62. The van der Waals surface area contributed by atoms with E-state index >= 15 is 0 Å². The summed E-state index contributed by atoms with van der Waals surface area (Å²) < 4.78 is 69.2. The lowest BCUT2D eigenvalue weighted by Gasteiger charge is -2.33. The number of carbonyl (C=O) groups is 2. The molecule has 4 rings (SSSR count). The van der Waals surface area contributed by atoms with E-state index in [0.717, 1.165) is 18.9 Å². The Bertz CT molecular complexity index is 1560. The highest BCUT2D eigenvalue weighted by molar-refractivity contribution is 5.96. The fourth-order valence-electron chi connectivity index (χ4n) is 4.62. The lowest BCUT2D eigenvalue weighted by molar-refractivity contribution is -0.270. The Kier molecular flexibility index (Phi) is 9.36. The molecular weight excluding hydrogens is 582 g/mol. The van der Waals surface area contributed by atoms with Crippen molar-refractivity contribution in [2.24, 2.45) is 5.73 Å². The number of nitrogens with two attached hydrogens (primary N) is 1. The number of halogens is 4. The van der Waals surface area contributed by atoms with Crippen LogP contribution in [0.2, 0.25) is 0 Å². The van der Waals surface area contributed by atoms with Crippen molar-refractivity contribution in [3.05, 3.63) is 76.7 Å². The summed E-state index contributed by atoms with van der Waals surface area (Å²) in [5, 5.41) is 14.2. The Morgan fingerprint density at radius 1 is 1.07 bits per heavy atom. The summed E-state index contributed by atoms with van der Waals surface area (Å²) in [6.45, 7) is 4.46. The molecular formula is C32H35F4N3O5. The molecule has 44 heavy (non-hydrogen) atoms. The first-order chi connectivity index (χ1) is 20.5. The van der Waals surface area contributed by atoms with Gasteiger partial charge in [-0.25, -0.2) is 9.37 Å². The largest absolute Gasteiger partial charge is 0.493 e. The number of hydrogen-bond donors (Lipinski definition) is 3. The van der Waals surface area contributed by atoms with Gasteiger partial charge in [-0.15, -0.1) is 0 Å². The van der Waals surface area contributed by atoms with Crippen molar-refractivity contribution in [2.75, 3.05) is 13.7 Å². The van der Waals surface area contributed by atoms with Crippen LogP contribution in [0, 0.1) is 12.7 Å². The van der Waals surface area contributed by atoms with Crippen LogP contribution in [0.3, 0.4) is 0 Å². The van der Waals surface area contributed by atoms with Crippen LogP contribution >= 0.6 is 0 Å².